The third-order valence-electron chi connectivity index (χ3n) is 12.0. The van der Waals surface area contributed by atoms with Crippen molar-refractivity contribution in [1.82, 2.24) is 0 Å². The Morgan fingerprint density at radius 3 is 1.46 bits per heavy atom. The molecule has 0 saturated heterocycles. The van der Waals surface area contributed by atoms with Crippen molar-refractivity contribution in [2.45, 2.75) is 24.7 Å². The summed E-state index contributed by atoms with van der Waals surface area (Å²) < 4.78 is 0. The van der Waals surface area contributed by atoms with Crippen LogP contribution in [0.2, 0.25) is 0 Å². The van der Waals surface area contributed by atoms with Gasteiger partial charge >= 0.3 is 0 Å². The zero-order valence-electron chi connectivity index (χ0n) is 31.9. The Hall–Kier alpha value is -6.96. The van der Waals surface area contributed by atoms with Crippen LogP contribution in [-0.4, -0.2) is 0 Å². The average Bonchev–Trinajstić information content (AvgIpc) is 3.56. The van der Waals surface area contributed by atoms with E-state index in [1.54, 1.807) is 0 Å². The molecule has 1 heteroatoms. The minimum Gasteiger partial charge on any atom is -0.310 e. The summed E-state index contributed by atoms with van der Waals surface area (Å²) >= 11 is 0. The molecule has 0 aliphatic heterocycles. The van der Waals surface area contributed by atoms with Gasteiger partial charge in [0.1, 0.15) is 0 Å². The van der Waals surface area contributed by atoms with Crippen LogP contribution in [0.15, 0.2) is 188 Å². The SMILES string of the molecule is C(=C\c1ccc(N(c2ccc(/C=C/c3cccc4ccccc34)cc2)c2ccc3c(c2)C2(CCC2)c2cc(/C=C/c4ccccc4)ccc2-3)cc1)/c1ccccc1. The maximum absolute atomic E-state index is 2.49. The molecule has 0 aromatic heterocycles. The quantitative estimate of drug-likeness (QED) is 0.134. The van der Waals surface area contributed by atoms with E-state index in [-0.39, 0.29) is 5.41 Å². The molecule has 0 atom stereocenters. The molecule has 1 nitrogen and oxygen atoms in total. The Morgan fingerprint density at radius 2 is 0.842 bits per heavy atom. The van der Waals surface area contributed by atoms with E-state index >= 15 is 0 Å². The molecule has 1 fully saturated rings. The van der Waals surface area contributed by atoms with Crippen molar-refractivity contribution < 1.29 is 0 Å². The fourth-order valence-electron chi connectivity index (χ4n) is 8.82. The number of benzene rings is 8. The summed E-state index contributed by atoms with van der Waals surface area (Å²) in [6, 6.07) is 68.4. The lowest BCUT2D eigenvalue weighted by Crippen LogP contribution is -2.33. The fourth-order valence-corrected chi connectivity index (χ4v) is 8.82. The van der Waals surface area contributed by atoms with Gasteiger partial charge in [0.2, 0.25) is 0 Å². The molecule has 2 aliphatic carbocycles. The molecule has 0 N–H and O–H groups in total. The van der Waals surface area contributed by atoms with E-state index in [0.717, 1.165) is 11.4 Å². The lowest BCUT2D eigenvalue weighted by Gasteiger charge is -2.41. The largest absolute Gasteiger partial charge is 0.310 e. The van der Waals surface area contributed by atoms with Crippen molar-refractivity contribution in [3.05, 3.63) is 233 Å². The Kier molecular flexibility index (Phi) is 9.05. The van der Waals surface area contributed by atoms with E-state index < -0.39 is 0 Å². The monoisotopic (exact) mass is 729 g/mol. The van der Waals surface area contributed by atoms with Crippen LogP contribution in [0.5, 0.6) is 0 Å². The van der Waals surface area contributed by atoms with Gasteiger partial charge in [-0.3, -0.25) is 0 Å². The molecule has 0 radical (unpaired) electrons. The van der Waals surface area contributed by atoms with Crippen molar-refractivity contribution in [3.63, 3.8) is 0 Å². The first-order valence-electron chi connectivity index (χ1n) is 20.1. The summed E-state index contributed by atoms with van der Waals surface area (Å²) in [6.45, 7) is 0. The number of rotatable bonds is 9. The van der Waals surface area contributed by atoms with E-state index in [2.05, 4.69) is 229 Å². The highest BCUT2D eigenvalue weighted by atomic mass is 15.1. The second-order valence-corrected chi connectivity index (χ2v) is 15.4. The van der Waals surface area contributed by atoms with Crippen molar-refractivity contribution in [1.29, 1.82) is 0 Å². The van der Waals surface area contributed by atoms with E-state index in [1.807, 2.05) is 0 Å². The highest BCUT2D eigenvalue weighted by Crippen LogP contribution is 2.60. The van der Waals surface area contributed by atoms with Gasteiger partial charge in [-0.1, -0.05) is 195 Å². The molecule has 8 aromatic carbocycles. The molecule has 8 aromatic rings. The van der Waals surface area contributed by atoms with Crippen LogP contribution in [0.3, 0.4) is 0 Å². The van der Waals surface area contributed by atoms with Gasteiger partial charge in [0.05, 0.1) is 0 Å². The van der Waals surface area contributed by atoms with E-state index in [4.69, 9.17) is 0 Å². The topological polar surface area (TPSA) is 3.24 Å². The van der Waals surface area contributed by atoms with Gasteiger partial charge < -0.3 is 4.90 Å². The summed E-state index contributed by atoms with van der Waals surface area (Å²) in [7, 11) is 0. The molecular weight excluding hydrogens is 687 g/mol. The molecular formula is C56H43N. The van der Waals surface area contributed by atoms with Crippen molar-refractivity contribution in [2.75, 3.05) is 4.90 Å². The van der Waals surface area contributed by atoms with Gasteiger partial charge in [0, 0.05) is 22.5 Å². The van der Waals surface area contributed by atoms with Gasteiger partial charge in [0.15, 0.2) is 0 Å². The van der Waals surface area contributed by atoms with Crippen molar-refractivity contribution in [3.8, 4) is 11.1 Å². The second-order valence-electron chi connectivity index (χ2n) is 15.4. The molecule has 1 spiro atoms. The van der Waals surface area contributed by atoms with Crippen LogP contribution in [0.4, 0.5) is 17.1 Å². The maximum atomic E-state index is 2.49. The number of anilines is 3. The number of hydrogen-bond donors (Lipinski definition) is 0. The smallest absolute Gasteiger partial charge is 0.0465 e. The zero-order valence-corrected chi connectivity index (χ0v) is 31.9. The highest BCUT2D eigenvalue weighted by Gasteiger charge is 2.47. The van der Waals surface area contributed by atoms with Crippen LogP contribution < -0.4 is 4.90 Å². The summed E-state index contributed by atoms with van der Waals surface area (Å²) in [5, 5.41) is 2.53. The second kappa shape index (κ2) is 14.9. The average molecular weight is 730 g/mol. The molecule has 0 bridgehead atoms. The first kappa shape index (κ1) is 34.5. The Morgan fingerprint density at radius 1 is 0.368 bits per heavy atom. The minimum absolute atomic E-state index is 0.0608. The fraction of sp³-hybridized carbons (Fsp3) is 0.0714. The maximum Gasteiger partial charge on any atom is 0.0465 e. The summed E-state index contributed by atoms with van der Waals surface area (Å²) in [4.78, 5) is 2.42. The van der Waals surface area contributed by atoms with Crippen molar-refractivity contribution >= 4 is 64.3 Å². The first-order valence-corrected chi connectivity index (χ1v) is 20.1. The third kappa shape index (κ3) is 6.72. The molecule has 57 heavy (non-hydrogen) atoms. The van der Waals surface area contributed by atoms with E-state index in [1.165, 1.54) is 91.4 Å². The number of hydrogen-bond acceptors (Lipinski definition) is 1. The molecule has 1 saturated carbocycles. The Balaban J connectivity index is 1.00. The summed E-state index contributed by atoms with van der Waals surface area (Å²) in [5.74, 6) is 0. The summed E-state index contributed by atoms with van der Waals surface area (Å²) in [6.07, 6.45) is 16.9. The molecule has 0 unspecified atom stereocenters. The Bertz CT molecular complexity index is 2780. The van der Waals surface area contributed by atoms with Crippen LogP contribution >= 0.6 is 0 Å². The highest BCUT2D eigenvalue weighted by molar-refractivity contribution is 5.93. The number of fused-ring (bicyclic) bond motifs is 6. The van der Waals surface area contributed by atoms with E-state index in [9.17, 15) is 0 Å². The van der Waals surface area contributed by atoms with Gasteiger partial charge in [0.25, 0.3) is 0 Å². The van der Waals surface area contributed by atoms with Crippen molar-refractivity contribution in [2.24, 2.45) is 0 Å². The van der Waals surface area contributed by atoms with Gasteiger partial charge in [-0.05, 0) is 116 Å². The normalized spacial score (nSPS) is 14.0. The molecule has 0 heterocycles. The standard InChI is InChI=1S/C56H43N/c1-3-11-41(12-4-1)19-20-43-24-30-48(31-25-43)57(49-32-26-44(27-33-49)23-29-47-17-9-16-46-15-7-8-18-51(46)47)50-34-36-53-52-35-28-45(22-21-42-13-5-2-6-14-42)39-54(52)56(37-10-38-56)55(53)40-50/h1-9,11-36,39-40H,10,37-38H2/b20-19+,22-21+,29-23+. The van der Waals surface area contributed by atoms with Gasteiger partial charge in [-0.2, -0.15) is 0 Å². The number of nitrogens with zero attached hydrogens (tertiary/aromatic N) is 1. The van der Waals surface area contributed by atoms with E-state index in [0.29, 0.717) is 0 Å². The zero-order chi connectivity index (χ0) is 38.0. The lowest BCUT2D eigenvalue weighted by atomic mass is 9.62. The van der Waals surface area contributed by atoms with Crippen LogP contribution in [0.1, 0.15) is 63.8 Å². The third-order valence-corrected chi connectivity index (χ3v) is 12.0. The predicted molar refractivity (Wildman–Crippen MR) is 245 cm³/mol. The first-order chi connectivity index (χ1) is 28.2. The van der Waals surface area contributed by atoms with Crippen LogP contribution in [0, 0.1) is 0 Å². The molecule has 10 rings (SSSR count). The van der Waals surface area contributed by atoms with Crippen LogP contribution in [0.25, 0.3) is 58.4 Å². The molecule has 2 aliphatic rings. The van der Waals surface area contributed by atoms with Gasteiger partial charge in [-0.15, -0.1) is 0 Å². The molecule has 0 amide bonds. The minimum atomic E-state index is 0.0608. The molecule has 272 valence electrons. The summed E-state index contributed by atoms with van der Waals surface area (Å²) in [5.41, 5.74) is 16.5. The van der Waals surface area contributed by atoms with Gasteiger partial charge in [-0.25, -0.2) is 0 Å². The Labute approximate surface area is 336 Å². The predicted octanol–water partition coefficient (Wildman–Crippen LogP) is 15.3. The van der Waals surface area contributed by atoms with Crippen LogP contribution in [-0.2, 0) is 5.41 Å². The lowest BCUT2D eigenvalue weighted by molar-refractivity contribution is 0.309.